The van der Waals surface area contributed by atoms with E-state index >= 15 is 0 Å². The Morgan fingerprint density at radius 1 is 1.45 bits per heavy atom. The van der Waals surface area contributed by atoms with E-state index in [1.165, 1.54) is 12.5 Å². The van der Waals surface area contributed by atoms with E-state index in [0.29, 0.717) is 5.52 Å². The molecule has 5 nitrogen and oxygen atoms in total. The van der Waals surface area contributed by atoms with E-state index in [4.69, 9.17) is 5.11 Å². The van der Waals surface area contributed by atoms with Gasteiger partial charge in [-0.15, -0.1) is 0 Å². The van der Waals surface area contributed by atoms with Gasteiger partial charge in [-0.1, -0.05) is 13.3 Å². The van der Waals surface area contributed by atoms with Gasteiger partial charge in [0.1, 0.15) is 0 Å². The number of benzene rings is 1. The van der Waals surface area contributed by atoms with Gasteiger partial charge in [-0.2, -0.15) is 0 Å². The fourth-order valence-electron chi connectivity index (χ4n) is 3.09. The Morgan fingerprint density at radius 3 is 2.75 bits per heavy atom. The van der Waals surface area contributed by atoms with Crippen LogP contribution in [0.5, 0.6) is 0 Å². The zero-order chi connectivity index (χ0) is 14.3. The summed E-state index contributed by atoms with van der Waals surface area (Å²) in [5.74, 6) is -0.982. The van der Waals surface area contributed by atoms with Gasteiger partial charge < -0.3 is 10.1 Å². The Bertz CT molecular complexity index is 717. The number of rotatable bonds is 4. The normalized spacial score (nSPS) is 17.1. The molecule has 0 unspecified atom stereocenters. The topological polar surface area (TPSA) is 75.1 Å². The van der Waals surface area contributed by atoms with Crippen LogP contribution in [0.4, 0.5) is 0 Å². The number of imidazole rings is 1. The van der Waals surface area contributed by atoms with E-state index in [-0.39, 0.29) is 16.7 Å². The average molecular weight is 274 g/mol. The largest absolute Gasteiger partial charge is 0.478 e. The quantitative estimate of drug-likeness (QED) is 0.899. The monoisotopic (exact) mass is 274 g/mol. The van der Waals surface area contributed by atoms with Crippen molar-refractivity contribution >= 4 is 17.0 Å². The maximum atomic E-state index is 12.1. The Hall–Kier alpha value is -2.04. The molecular weight excluding hydrogens is 256 g/mol. The first-order valence-electron chi connectivity index (χ1n) is 7.00. The molecule has 106 valence electrons. The molecule has 1 saturated carbocycles. The zero-order valence-corrected chi connectivity index (χ0v) is 11.5. The van der Waals surface area contributed by atoms with Gasteiger partial charge in [0.05, 0.1) is 16.6 Å². The van der Waals surface area contributed by atoms with Gasteiger partial charge in [0.2, 0.25) is 0 Å². The molecule has 5 heteroatoms. The summed E-state index contributed by atoms with van der Waals surface area (Å²) in [5.41, 5.74) is 1.67. The number of carboxylic acid groups (broad SMARTS) is 1. The molecule has 0 aliphatic heterocycles. The summed E-state index contributed by atoms with van der Waals surface area (Å²) in [6.45, 7) is 2.89. The zero-order valence-electron chi connectivity index (χ0n) is 11.5. The molecule has 2 aromatic rings. The van der Waals surface area contributed by atoms with Gasteiger partial charge >= 0.3 is 11.7 Å². The Morgan fingerprint density at radius 2 is 2.20 bits per heavy atom. The summed E-state index contributed by atoms with van der Waals surface area (Å²) < 4.78 is 1.75. The highest BCUT2D eigenvalue weighted by Crippen LogP contribution is 2.45. The molecule has 0 bridgehead atoms. The number of fused-ring (bicyclic) bond motifs is 1. The van der Waals surface area contributed by atoms with Crippen LogP contribution in [0.25, 0.3) is 11.0 Å². The van der Waals surface area contributed by atoms with Crippen molar-refractivity contribution in [1.29, 1.82) is 0 Å². The van der Waals surface area contributed by atoms with Crippen LogP contribution in [-0.2, 0) is 6.54 Å². The van der Waals surface area contributed by atoms with Crippen molar-refractivity contribution in [1.82, 2.24) is 9.55 Å². The van der Waals surface area contributed by atoms with Crippen molar-refractivity contribution in [2.24, 2.45) is 5.41 Å². The molecule has 20 heavy (non-hydrogen) atoms. The lowest BCUT2D eigenvalue weighted by Crippen LogP contribution is -2.36. The second-order valence-corrected chi connectivity index (χ2v) is 5.76. The molecule has 1 heterocycles. The third-order valence-corrected chi connectivity index (χ3v) is 4.68. The summed E-state index contributed by atoms with van der Waals surface area (Å²) in [6, 6.07) is 4.79. The van der Waals surface area contributed by atoms with E-state index in [9.17, 15) is 9.59 Å². The number of hydrogen-bond donors (Lipinski definition) is 2. The molecule has 0 radical (unpaired) electrons. The SMILES string of the molecule is CCC1(Cn2c(=O)[nH]c3cc(C(=O)O)ccc32)CCC1. The second kappa shape index (κ2) is 4.51. The number of aromatic nitrogens is 2. The lowest BCUT2D eigenvalue weighted by atomic mass is 9.67. The number of carbonyl (C=O) groups is 1. The van der Waals surface area contributed by atoms with Gasteiger partial charge in [-0.05, 0) is 42.9 Å². The minimum Gasteiger partial charge on any atom is -0.478 e. The van der Waals surface area contributed by atoms with Crippen LogP contribution in [0.15, 0.2) is 23.0 Å². The van der Waals surface area contributed by atoms with Crippen LogP contribution in [0.3, 0.4) is 0 Å². The first kappa shape index (κ1) is 13.0. The number of aromatic amines is 1. The highest BCUT2D eigenvalue weighted by molar-refractivity contribution is 5.92. The number of hydrogen-bond acceptors (Lipinski definition) is 2. The smallest absolute Gasteiger partial charge is 0.335 e. The first-order valence-corrected chi connectivity index (χ1v) is 7.00. The molecule has 3 rings (SSSR count). The van der Waals surface area contributed by atoms with Gasteiger partial charge in [-0.25, -0.2) is 9.59 Å². The van der Waals surface area contributed by atoms with E-state index in [2.05, 4.69) is 11.9 Å². The Labute approximate surface area is 116 Å². The van der Waals surface area contributed by atoms with Crippen molar-refractivity contribution in [2.75, 3.05) is 0 Å². The highest BCUT2D eigenvalue weighted by atomic mass is 16.4. The number of nitrogens with zero attached hydrogens (tertiary/aromatic N) is 1. The summed E-state index contributed by atoms with van der Waals surface area (Å²) in [4.78, 5) is 25.8. The fraction of sp³-hybridized carbons (Fsp3) is 0.467. The van der Waals surface area contributed by atoms with E-state index in [1.807, 2.05) is 0 Å². The third-order valence-electron chi connectivity index (χ3n) is 4.68. The van der Waals surface area contributed by atoms with Crippen LogP contribution in [0.1, 0.15) is 43.0 Å². The summed E-state index contributed by atoms with van der Waals surface area (Å²) in [5, 5.41) is 8.99. The fourth-order valence-corrected chi connectivity index (χ4v) is 3.09. The lowest BCUT2D eigenvalue weighted by Gasteiger charge is -2.41. The molecule has 0 saturated heterocycles. The van der Waals surface area contributed by atoms with Crippen molar-refractivity contribution in [3.8, 4) is 0 Å². The first-order chi connectivity index (χ1) is 9.54. The molecule has 1 aliphatic rings. The summed E-state index contributed by atoms with van der Waals surface area (Å²) >= 11 is 0. The van der Waals surface area contributed by atoms with Gasteiger partial charge in [0, 0.05) is 6.54 Å². The van der Waals surface area contributed by atoms with Gasteiger partial charge in [0.25, 0.3) is 0 Å². The number of H-pyrrole nitrogens is 1. The van der Waals surface area contributed by atoms with Crippen molar-refractivity contribution in [3.63, 3.8) is 0 Å². The van der Waals surface area contributed by atoms with Crippen LogP contribution in [0.2, 0.25) is 0 Å². The van der Waals surface area contributed by atoms with E-state index < -0.39 is 5.97 Å². The molecule has 1 aromatic heterocycles. The van der Waals surface area contributed by atoms with Crippen LogP contribution >= 0.6 is 0 Å². The molecule has 0 amide bonds. The third kappa shape index (κ3) is 1.94. The Balaban J connectivity index is 2.05. The Kier molecular flexibility index (Phi) is 2.92. The van der Waals surface area contributed by atoms with Gasteiger partial charge in [-0.3, -0.25) is 4.57 Å². The predicted octanol–water partition coefficient (Wildman–Crippen LogP) is 2.61. The molecule has 1 aromatic carbocycles. The van der Waals surface area contributed by atoms with Crippen LogP contribution in [0, 0.1) is 5.41 Å². The van der Waals surface area contributed by atoms with Crippen molar-refractivity contribution in [3.05, 3.63) is 34.2 Å². The maximum Gasteiger partial charge on any atom is 0.335 e. The highest BCUT2D eigenvalue weighted by Gasteiger charge is 2.36. The molecule has 0 atom stereocenters. The lowest BCUT2D eigenvalue weighted by molar-refractivity contribution is 0.0697. The molecule has 0 spiro atoms. The average Bonchev–Trinajstić information content (AvgIpc) is 2.68. The number of aromatic carboxylic acids is 1. The van der Waals surface area contributed by atoms with Crippen LogP contribution < -0.4 is 5.69 Å². The number of nitrogens with one attached hydrogen (secondary N) is 1. The number of carboxylic acids is 1. The van der Waals surface area contributed by atoms with E-state index in [1.54, 1.807) is 16.7 Å². The minimum absolute atomic E-state index is 0.151. The van der Waals surface area contributed by atoms with Gasteiger partial charge in [0.15, 0.2) is 0 Å². The minimum atomic E-state index is -0.982. The van der Waals surface area contributed by atoms with Crippen LogP contribution in [-0.4, -0.2) is 20.6 Å². The predicted molar refractivity (Wildman–Crippen MR) is 76.1 cm³/mol. The summed E-state index contributed by atoms with van der Waals surface area (Å²) in [7, 11) is 0. The molecule has 2 N–H and O–H groups in total. The van der Waals surface area contributed by atoms with Crippen molar-refractivity contribution in [2.45, 2.75) is 39.2 Å². The molecule has 1 aliphatic carbocycles. The second-order valence-electron chi connectivity index (χ2n) is 5.76. The molecule has 1 fully saturated rings. The molecular formula is C15H18N2O3. The summed E-state index contributed by atoms with van der Waals surface area (Å²) in [6.07, 6.45) is 4.62. The van der Waals surface area contributed by atoms with Crippen molar-refractivity contribution < 1.29 is 9.90 Å². The van der Waals surface area contributed by atoms with E-state index in [0.717, 1.165) is 31.3 Å². The standard InChI is InChI=1S/C15H18N2O3/c1-2-15(6-3-7-15)9-17-12-5-4-10(13(18)19)8-11(12)16-14(17)20/h4-5,8H,2-3,6-7,9H2,1H3,(H,16,20)(H,18,19). The maximum absolute atomic E-state index is 12.1.